The molecule has 8 atom stereocenters. The van der Waals surface area contributed by atoms with Crippen LogP contribution in [0.1, 0.15) is 97.1 Å². The number of Topliss-reactive ketones (excluding diaryl/α,β-unsaturated/α-hetero) is 1. The lowest BCUT2D eigenvalue weighted by Gasteiger charge is -2.64. The zero-order valence-electron chi connectivity index (χ0n) is 23.2. The molecule has 1 heterocycles. The summed E-state index contributed by atoms with van der Waals surface area (Å²) in [4.78, 5) is 31.9. The Kier molecular flexibility index (Phi) is 5.22. The second-order valence-electron chi connectivity index (χ2n) is 14.2. The zero-order chi connectivity index (χ0) is 26.5. The van der Waals surface area contributed by atoms with E-state index in [1.165, 1.54) is 5.57 Å². The average Bonchev–Trinajstić information content (AvgIpc) is 3.28. The van der Waals surface area contributed by atoms with Gasteiger partial charge in [0.1, 0.15) is 11.8 Å². The van der Waals surface area contributed by atoms with E-state index in [1.807, 2.05) is 39.1 Å². The second-order valence-corrected chi connectivity index (χ2v) is 14.2. The van der Waals surface area contributed by atoms with Crippen molar-refractivity contribution in [3.8, 4) is 6.07 Å². The minimum absolute atomic E-state index is 0.0177. The molecular formula is C32H40N2O3. The van der Waals surface area contributed by atoms with Crippen molar-refractivity contribution in [1.82, 2.24) is 4.98 Å². The molecular weight excluding hydrogens is 460 g/mol. The molecule has 5 heteroatoms. The molecule has 5 nitrogen and oxygen atoms in total. The predicted octanol–water partition coefficient (Wildman–Crippen LogP) is 6.89. The summed E-state index contributed by atoms with van der Waals surface area (Å²) in [6.07, 6.45) is 13.0. The van der Waals surface area contributed by atoms with Gasteiger partial charge in [-0.25, -0.2) is 4.98 Å². The number of aryl methyl sites for hydroxylation is 1. The molecule has 0 saturated heterocycles. The van der Waals surface area contributed by atoms with Gasteiger partial charge in [0.2, 0.25) is 0 Å². The van der Waals surface area contributed by atoms with Crippen LogP contribution in [0.2, 0.25) is 0 Å². The Bertz CT molecular complexity index is 1290. The van der Waals surface area contributed by atoms with E-state index in [1.54, 1.807) is 0 Å². The molecule has 0 N–H and O–H groups in total. The second kappa shape index (κ2) is 7.78. The summed E-state index contributed by atoms with van der Waals surface area (Å²) in [7, 11) is 0. The summed E-state index contributed by atoms with van der Waals surface area (Å²) in [5, 5.41) is 9.84. The smallest absolute Gasteiger partial charge is 0.197 e. The van der Waals surface area contributed by atoms with E-state index >= 15 is 0 Å². The Hall–Kier alpha value is -2.48. The van der Waals surface area contributed by atoms with Crippen molar-refractivity contribution in [1.29, 1.82) is 5.26 Å². The van der Waals surface area contributed by atoms with Crippen LogP contribution >= 0.6 is 0 Å². The maximum Gasteiger partial charge on any atom is 0.197 e. The third-order valence-electron chi connectivity index (χ3n) is 12.0. The Balaban J connectivity index is 1.43. The quantitative estimate of drug-likeness (QED) is 0.419. The number of hydrogen-bond donors (Lipinski definition) is 0. The molecule has 5 aliphatic rings. The Morgan fingerprint density at radius 1 is 1.03 bits per heavy atom. The first-order valence-corrected chi connectivity index (χ1v) is 14.2. The molecule has 8 unspecified atom stereocenters. The number of hydrogen-bond acceptors (Lipinski definition) is 5. The number of carbonyl (C=O) groups excluding carboxylic acids is 2. The molecule has 0 aromatic carbocycles. The van der Waals surface area contributed by atoms with Gasteiger partial charge in [-0.2, -0.15) is 5.26 Å². The van der Waals surface area contributed by atoms with Crippen molar-refractivity contribution in [2.45, 2.75) is 92.4 Å². The highest BCUT2D eigenvalue weighted by Gasteiger charge is 2.64. The molecule has 0 spiro atoms. The Morgan fingerprint density at radius 3 is 2.43 bits per heavy atom. The Morgan fingerprint density at radius 2 is 1.76 bits per heavy atom. The fourth-order valence-electron chi connectivity index (χ4n) is 10.00. The van der Waals surface area contributed by atoms with Gasteiger partial charge in [-0.1, -0.05) is 46.3 Å². The van der Waals surface area contributed by atoms with Crippen molar-refractivity contribution in [3.63, 3.8) is 0 Å². The van der Waals surface area contributed by atoms with Crippen LogP contribution < -0.4 is 0 Å². The molecule has 0 aliphatic heterocycles. The number of aromatic nitrogens is 1. The van der Waals surface area contributed by atoms with Gasteiger partial charge in [-0.05, 0) is 86.5 Å². The summed E-state index contributed by atoms with van der Waals surface area (Å²) in [6.45, 7) is 12.9. The van der Waals surface area contributed by atoms with Crippen LogP contribution in [0.5, 0.6) is 0 Å². The predicted molar refractivity (Wildman–Crippen MR) is 140 cm³/mol. The van der Waals surface area contributed by atoms with Gasteiger partial charge in [0, 0.05) is 22.7 Å². The largest absolute Gasteiger partial charge is 0.446 e. The van der Waals surface area contributed by atoms with E-state index in [4.69, 9.17) is 4.42 Å². The number of allylic oxidation sites excluding steroid dienone is 4. The standard InChI is InChI=1S/C32H40N2O3/c1-18-17-34-28(37-18)19-7-10-30(4)11-8-21-26(22(30)13-19)23(35)14-25-31(21,5)12-9-24-29(2,3)27(36)20(16-33)15-32(24,25)6/h14-15,17,19,21-22,24,26H,7-13H2,1-6H3. The maximum atomic E-state index is 14.2. The zero-order valence-corrected chi connectivity index (χ0v) is 23.2. The van der Waals surface area contributed by atoms with Gasteiger partial charge in [0.15, 0.2) is 17.5 Å². The van der Waals surface area contributed by atoms with E-state index in [0.717, 1.165) is 56.6 Å². The molecule has 5 aliphatic carbocycles. The fraction of sp³-hybridized carbons (Fsp3) is 0.688. The van der Waals surface area contributed by atoms with Crippen LogP contribution in [0.25, 0.3) is 0 Å². The van der Waals surface area contributed by atoms with Crippen LogP contribution in [-0.2, 0) is 9.59 Å². The minimum atomic E-state index is -0.619. The summed E-state index contributed by atoms with van der Waals surface area (Å²) < 4.78 is 5.96. The van der Waals surface area contributed by atoms with Crippen LogP contribution in [-0.4, -0.2) is 16.6 Å². The summed E-state index contributed by atoms with van der Waals surface area (Å²) >= 11 is 0. The van der Waals surface area contributed by atoms with E-state index in [9.17, 15) is 14.9 Å². The van der Waals surface area contributed by atoms with Crippen molar-refractivity contribution >= 4 is 11.6 Å². The number of carbonyl (C=O) groups is 2. The number of oxazole rings is 1. The minimum Gasteiger partial charge on any atom is -0.446 e. The summed E-state index contributed by atoms with van der Waals surface area (Å²) in [5.41, 5.74) is 0.426. The molecule has 3 fully saturated rings. The number of nitrogens with zero attached hydrogens (tertiary/aromatic N) is 2. The maximum absolute atomic E-state index is 14.2. The number of rotatable bonds is 1. The molecule has 3 saturated carbocycles. The van der Waals surface area contributed by atoms with E-state index in [0.29, 0.717) is 11.8 Å². The van der Waals surface area contributed by atoms with Crippen molar-refractivity contribution < 1.29 is 14.0 Å². The molecule has 0 bridgehead atoms. The molecule has 6 rings (SSSR count). The topological polar surface area (TPSA) is 84.0 Å². The lowest BCUT2D eigenvalue weighted by Crippen LogP contribution is -2.60. The van der Waals surface area contributed by atoms with Gasteiger partial charge in [-0.15, -0.1) is 0 Å². The van der Waals surface area contributed by atoms with Crippen LogP contribution in [0.15, 0.2) is 33.9 Å². The lowest BCUT2D eigenvalue weighted by atomic mass is 9.39. The highest BCUT2D eigenvalue weighted by Crippen LogP contribution is 2.70. The number of nitriles is 1. The van der Waals surface area contributed by atoms with Crippen LogP contribution in [0.3, 0.4) is 0 Å². The first kappa shape index (κ1) is 24.8. The van der Waals surface area contributed by atoms with Crippen molar-refractivity contribution in [3.05, 3.63) is 41.1 Å². The highest BCUT2D eigenvalue weighted by molar-refractivity contribution is 6.04. The summed E-state index contributed by atoms with van der Waals surface area (Å²) in [6, 6.07) is 2.19. The van der Waals surface area contributed by atoms with E-state index in [-0.39, 0.29) is 45.7 Å². The molecule has 196 valence electrons. The number of fused-ring (bicyclic) bond motifs is 7. The SMILES string of the molecule is Cc1cnc(C2CCC3(C)CCC4C(C(=O)C=C5C6(C)C=C(C#N)C(=O)C(C)(C)C6CCC54C)C3C2)o1. The molecule has 1 aromatic heterocycles. The van der Waals surface area contributed by atoms with Gasteiger partial charge >= 0.3 is 0 Å². The first-order chi connectivity index (χ1) is 17.3. The molecule has 37 heavy (non-hydrogen) atoms. The summed E-state index contributed by atoms with van der Waals surface area (Å²) in [5.74, 6) is 2.90. The first-order valence-electron chi connectivity index (χ1n) is 14.2. The van der Waals surface area contributed by atoms with Gasteiger partial charge in [-0.3, -0.25) is 9.59 Å². The van der Waals surface area contributed by atoms with Gasteiger partial charge in [0.25, 0.3) is 0 Å². The van der Waals surface area contributed by atoms with E-state index in [2.05, 4.69) is 31.8 Å². The molecule has 0 radical (unpaired) electrons. The van der Waals surface area contributed by atoms with Crippen LogP contribution in [0, 0.1) is 63.6 Å². The molecule has 0 amide bonds. The lowest BCUT2D eigenvalue weighted by molar-refractivity contribution is -0.143. The average molecular weight is 501 g/mol. The van der Waals surface area contributed by atoms with Gasteiger partial charge in [0.05, 0.1) is 11.8 Å². The fourth-order valence-corrected chi connectivity index (χ4v) is 10.00. The van der Waals surface area contributed by atoms with Crippen LogP contribution in [0.4, 0.5) is 0 Å². The third-order valence-corrected chi connectivity index (χ3v) is 12.0. The third kappa shape index (κ3) is 3.23. The molecule has 1 aromatic rings. The monoisotopic (exact) mass is 500 g/mol. The van der Waals surface area contributed by atoms with E-state index < -0.39 is 10.8 Å². The van der Waals surface area contributed by atoms with Gasteiger partial charge < -0.3 is 4.42 Å². The highest BCUT2D eigenvalue weighted by atomic mass is 16.4. The normalized spacial score (nSPS) is 44.4. The Labute approximate surface area is 220 Å². The van der Waals surface area contributed by atoms with Crippen molar-refractivity contribution in [2.24, 2.45) is 45.3 Å². The van der Waals surface area contributed by atoms with Crippen molar-refractivity contribution in [2.75, 3.05) is 0 Å². The number of ketones is 2.